The van der Waals surface area contributed by atoms with Crippen LogP contribution in [0.5, 0.6) is 0 Å². The number of carboxylic acid groups (broad SMARTS) is 2. The second-order valence-corrected chi connectivity index (χ2v) is 5.63. The third kappa shape index (κ3) is 27.3. The standard InChI is InChI=1S/2C5H11N.2C2H3ClO2.Pt/c2*6-5-3-1-2-4-5;2*3-1-2(4)5;/h2*5H,1-4,6H2;2*1H2,(H,4,5);/q;;;;+2/p-2. The van der Waals surface area contributed by atoms with Gasteiger partial charge in [-0.3, -0.25) is 0 Å². The van der Waals surface area contributed by atoms with Gasteiger partial charge in [0.25, 0.3) is 0 Å². The Morgan fingerprint density at radius 3 is 1.00 bits per heavy atom. The van der Waals surface area contributed by atoms with Crippen LogP contribution in [-0.4, -0.2) is 35.8 Å². The van der Waals surface area contributed by atoms with E-state index >= 15 is 0 Å². The molecule has 9 heteroatoms. The van der Waals surface area contributed by atoms with E-state index in [-0.39, 0.29) is 21.1 Å². The van der Waals surface area contributed by atoms with Crippen LogP contribution >= 0.6 is 23.2 Å². The smallest absolute Gasteiger partial charge is 0.549 e. The average molecular weight is 552 g/mol. The van der Waals surface area contributed by atoms with Crippen molar-refractivity contribution in [2.45, 2.75) is 63.5 Å². The van der Waals surface area contributed by atoms with Crippen molar-refractivity contribution in [2.75, 3.05) is 11.8 Å². The number of aliphatic carboxylic acids is 2. The number of alkyl halides is 2. The van der Waals surface area contributed by atoms with E-state index in [1.54, 1.807) is 0 Å². The molecule has 0 radical (unpaired) electrons. The van der Waals surface area contributed by atoms with Crippen LogP contribution in [0.2, 0.25) is 0 Å². The van der Waals surface area contributed by atoms with Crippen LogP contribution in [0.4, 0.5) is 0 Å². The molecule has 2 rings (SSSR count). The van der Waals surface area contributed by atoms with Gasteiger partial charge in [0, 0.05) is 12.1 Å². The first kappa shape index (κ1) is 28.0. The van der Waals surface area contributed by atoms with Gasteiger partial charge in [0.1, 0.15) is 0 Å². The summed E-state index contributed by atoms with van der Waals surface area (Å²) in [5, 5.41) is 18.2. The van der Waals surface area contributed by atoms with Crippen LogP contribution in [0.15, 0.2) is 0 Å². The maximum Gasteiger partial charge on any atom is 2.00 e. The summed E-state index contributed by atoms with van der Waals surface area (Å²) in [7, 11) is 0. The van der Waals surface area contributed by atoms with Crippen molar-refractivity contribution < 1.29 is 40.9 Å². The minimum Gasteiger partial charge on any atom is -0.549 e. The molecular weight excluding hydrogens is 526 g/mol. The van der Waals surface area contributed by atoms with Crippen LogP contribution < -0.4 is 21.7 Å². The third-order valence-corrected chi connectivity index (χ3v) is 3.45. The molecule has 23 heavy (non-hydrogen) atoms. The summed E-state index contributed by atoms with van der Waals surface area (Å²) in [6, 6.07) is 1.09. The van der Waals surface area contributed by atoms with Crippen molar-refractivity contribution in [3.63, 3.8) is 0 Å². The molecule has 6 nitrogen and oxygen atoms in total. The molecule has 0 unspecified atom stereocenters. The fraction of sp³-hybridized carbons (Fsp3) is 0.857. The monoisotopic (exact) mass is 551 g/mol. The van der Waals surface area contributed by atoms with Crippen molar-refractivity contribution in [1.29, 1.82) is 0 Å². The SMILES string of the molecule is NC1CCCC1.NC1CCCC1.O=C([O-])CCl.O=C([O-])CCl.[Pt+2]. The predicted molar refractivity (Wildman–Crippen MR) is 84.3 cm³/mol. The fourth-order valence-electron chi connectivity index (χ4n) is 1.91. The first-order valence-corrected chi connectivity index (χ1v) is 8.43. The summed E-state index contributed by atoms with van der Waals surface area (Å²) in [5.41, 5.74) is 11.1. The quantitative estimate of drug-likeness (QED) is 0.454. The summed E-state index contributed by atoms with van der Waals surface area (Å²) in [5.74, 6) is -3.29. The molecule has 2 fully saturated rings. The van der Waals surface area contributed by atoms with E-state index in [0.29, 0.717) is 12.1 Å². The molecule has 4 N–H and O–H groups in total. The zero-order valence-corrected chi connectivity index (χ0v) is 16.9. The minimum absolute atomic E-state index is 0. The number of carboxylic acids is 2. The molecular formula is C14H26Cl2N2O4Pt. The first-order valence-electron chi connectivity index (χ1n) is 7.36. The molecule has 0 aromatic carbocycles. The van der Waals surface area contributed by atoms with Gasteiger partial charge in [-0.2, -0.15) is 0 Å². The van der Waals surface area contributed by atoms with Crippen LogP contribution in [0.3, 0.4) is 0 Å². The molecule has 2 aliphatic rings. The maximum atomic E-state index is 9.12. The molecule has 0 amide bonds. The molecule has 0 aromatic heterocycles. The molecule has 2 aliphatic carbocycles. The average Bonchev–Trinajstić information content (AvgIpc) is 3.14. The minimum atomic E-state index is -1.23. The molecule has 140 valence electrons. The molecule has 0 bridgehead atoms. The Morgan fingerprint density at radius 2 is 0.957 bits per heavy atom. The van der Waals surface area contributed by atoms with Gasteiger partial charge < -0.3 is 31.3 Å². The molecule has 0 aliphatic heterocycles. The molecule has 0 saturated heterocycles. The number of nitrogens with two attached hydrogens (primary N) is 2. The Bertz CT molecular complexity index is 260. The third-order valence-electron chi connectivity index (χ3n) is 3.02. The number of carbonyl (C=O) groups is 2. The van der Waals surface area contributed by atoms with Crippen LogP contribution in [0, 0.1) is 0 Å². The molecule has 0 heterocycles. The summed E-state index contributed by atoms with van der Waals surface area (Å²) >= 11 is 9.35. The predicted octanol–water partition coefficient (Wildman–Crippen LogP) is -0.277. The van der Waals surface area contributed by atoms with Gasteiger partial charge in [-0.1, -0.05) is 25.7 Å². The van der Waals surface area contributed by atoms with E-state index in [1.807, 2.05) is 0 Å². The Hall–Kier alpha value is 0.128. The number of rotatable bonds is 2. The van der Waals surface area contributed by atoms with E-state index in [1.165, 1.54) is 51.4 Å². The van der Waals surface area contributed by atoms with Crippen molar-refractivity contribution in [1.82, 2.24) is 0 Å². The van der Waals surface area contributed by atoms with Crippen molar-refractivity contribution >= 4 is 35.1 Å². The fourth-order valence-corrected chi connectivity index (χ4v) is 1.91. The van der Waals surface area contributed by atoms with E-state index in [4.69, 9.17) is 31.3 Å². The number of halogens is 2. The van der Waals surface area contributed by atoms with Gasteiger partial charge in [0.2, 0.25) is 0 Å². The first-order chi connectivity index (χ1) is 10.3. The van der Waals surface area contributed by atoms with E-state index in [2.05, 4.69) is 23.2 Å². The van der Waals surface area contributed by atoms with Crippen LogP contribution in [0.1, 0.15) is 51.4 Å². The van der Waals surface area contributed by atoms with Crippen LogP contribution in [0.25, 0.3) is 0 Å². The number of carbonyl (C=O) groups excluding carboxylic acids is 2. The van der Waals surface area contributed by atoms with Crippen LogP contribution in [-0.2, 0) is 30.7 Å². The van der Waals surface area contributed by atoms with Gasteiger partial charge in [-0.15, -0.1) is 23.2 Å². The maximum absolute atomic E-state index is 9.12. The summed E-state index contributed by atoms with van der Waals surface area (Å²) in [6.07, 6.45) is 10.5. The second kappa shape index (κ2) is 20.2. The topological polar surface area (TPSA) is 132 Å². The second-order valence-electron chi connectivity index (χ2n) is 5.10. The van der Waals surface area contributed by atoms with E-state index in [0.717, 1.165) is 0 Å². The van der Waals surface area contributed by atoms with Gasteiger partial charge >= 0.3 is 21.1 Å². The molecule has 0 aromatic rings. The van der Waals surface area contributed by atoms with Gasteiger partial charge in [0.15, 0.2) is 0 Å². The van der Waals surface area contributed by atoms with Crippen molar-refractivity contribution in [2.24, 2.45) is 11.5 Å². The summed E-state index contributed by atoms with van der Waals surface area (Å²) < 4.78 is 0. The molecule has 0 spiro atoms. The zero-order valence-electron chi connectivity index (χ0n) is 13.1. The largest absolute Gasteiger partial charge is 2.00 e. The number of hydrogen-bond acceptors (Lipinski definition) is 6. The van der Waals surface area contributed by atoms with Gasteiger partial charge in [-0.05, 0) is 25.7 Å². The number of hydrogen-bond donors (Lipinski definition) is 2. The Morgan fingerprint density at radius 1 is 0.783 bits per heavy atom. The van der Waals surface area contributed by atoms with E-state index in [9.17, 15) is 0 Å². The van der Waals surface area contributed by atoms with Crippen molar-refractivity contribution in [3.05, 3.63) is 0 Å². The zero-order chi connectivity index (χ0) is 17.4. The van der Waals surface area contributed by atoms with Crippen molar-refractivity contribution in [3.8, 4) is 0 Å². The van der Waals surface area contributed by atoms with Gasteiger partial charge in [0.05, 0.1) is 23.7 Å². The normalized spacial score (nSPS) is 16.5. The molecule has 2 saturated carbocycles. The summed E-state index contributed by atoms with van der Waals surface area (Å²) in [6.45, 7) is 0. The van der Waals surface area contributed by atoms with Gasteiger partial charge in [-0.25, -0.2) is 0 Å². The Kier molecular flexibility index (Phi) is 24.5. The molecule has 0 atom stereocenters. The summed E-state index contributed by atoms with van der Waals surface area (Å²) in [4.78, 5) is 18.2. The van der Waals surface area contributed by atoms with E-state index < -0.39 is 23.7 Å². The Labute approximate surface area is 162 Å². The Balaban J connectivity index is -0.000000230.